The van der Waals surface area contributed by atoms with Crippen molar-refractivity contribution in [3.8, 4) is 0 Å². The predicted molar refractivity (Wildman–Crippen MR) is 55.0 cm³/mol. The van der Waals surface area contributed by atoms with Crippen molar-refractivity contribution in [1.82, 2.24) is 5.32 Å². The Morgan fingerprint density at radius 2 is 1.92 bits per heavy atom. The fourth-order valence-corrected chi connectivity index (χ4v) is 0.818. The smallest absolute Gasteiger partial charge is 0.0667 e. The van der Waals surface area contributed by atoms with E-state index in [1.165, 1.54) is 0 Å². The van der Waals surface area contributed by atoms with Crippen LogP contribution < -0.4 is 5.32 Å². The Morgan fingerprint density at radius 1 is 1.31 bits per heavy atom. The van der Waals surface area contributed by atoms with Crippen molar-refractivity contribution in [2.24, 2.45) is 0 Å². The summed E-state index contributed by atoms with van der Waals surface area (Å²) in [6.07, 6.45) is 0.273. The highest BCUT2D eigenvalue weighted by atomic mass is 16.5. The highest BCUT2D eigenvalue weighted by Gasteiger charge is 2.08. The Bertz CT molecular complexity index is 121. The fraction of sp³-hybridized carbons (Fsp3) is 1.00. The molecule has 0 aliphatic heterocycles. The van der Waals surface area contributed by atoms with Gasteiger partial charge in [0.15, 0.2) is 0 Å². The Kier molecular flexibility index (Phi) is 6.29. The minimum absolute atomic E-state index is 0.0332. The standard InChI is InChI=1S/C10H23NO2/c1-9(12-5)8-11-6-7-13-10(2,3)4/h9,11H,6-8H2,1-5H3. The lowest BCUT2D eigenvalue weighted by atomic mass is 10.2. The van der Waals surface area contributed by atoms with E-state index < -0.39 is 0 Å². The Labute approximate surface area is 81.8 Å². The van der Waals surface area contributed by atoms with Crippen molar-refractivity contribution >= 4 is 0 Å². The van der Waals surface area contributed by atoms with Crippen LogP contribution >= 0.6 is 0 Å². The van der Waals surface area contributed by atoms with Crippen molar-refractivity contribution in [3.63, 3.8) is 0 Å². The molecule has 0 rings (SSSR count). The molecule has 0 aromatic rings. The van der Waals surface area contributed by atoms with Gasteiger partial charge >= 0.3 is 0 Å². The molecule has 0 fully saturated rings. The minimum atomic E-state index is -0.0332. The monoisotopic (exact) mass is 189 g/mol. The summed E-state index contributed by atoms with van der Waals surface area (Å²) in [5, 5.41) is 3.26. The van der Waals surface area contributed by atoms with Crippen LogP contribution in [-0.4, -0.2) is 38.5 Å². The maximum atomic E-state index is 5.54. The minimum Gasteiger partial charge on any atom is -0.380 e. The van der Waals surface area contributed by atoms with Crippen molar-refractivity contribution in [3.05, 3.63) is 0 Å². The zero-order valence-corrected chi connectivity index (χ0v) is 9.52. The largest absolute Gasteiger partial charge is 0.380 e. The van der Waals surface area contributed by atoms with Crippen LogP contribution in [-0.2, 0) is 9.47 Å². The van der Waals surface area contributed by atoms with E-state index in [9.17, 15) is 0 Å². The second kappa shape index (κ2) is 6.35. The van der Waals surface area contributed by atoms with Crippen molar-refractivity contribution in [2.45, 2.75) is 39.4 Å². The van der Waals surface area contributed by atoms with E-state index in [2.05, 4.69) is 26.1 Å². The summed E-state index contributed by atoms with van der Waals surface area (Å²) >= 11 is 0. The summed E-state index contributed by atoms with van der Waals surface area (Å²) in [7, 11) is 1.72. The Morgan fingerprint density at radius 3 is 2.38 bits per heavy atom. The Balaban J connectivity index is 3.18. The average molecular weight is 189 g/mol. The van der Waals surface area contributed by atoms with Crippen molar-refractivity contribution in [2.75, 3.05) is 26.8 Å². The quantitative estimate of drug-likeness (QED) is 0.641. The third-order valence-electron chi connectivity index (χ3n) is 1.65. The van der Waals surface area contributed by atoms with Gasteiger partial charge in [0.1, 0.15) is 0 Å². The van der Waals surface area contributed by atoms with Gasteiger partial charge < -0.3 is 14.8 Å². The number of hydrogen-bond donors (Lipinski definition) is 1. The lowest BCUT2D eigenvalue weighted by Gasteiger charge is -2.20. The topological polar surface area (TPSA) is 30.5 Å². The second-order valence-corrected chi connectivity index (χ2v) is 4.21. The molecule has 3 nitrogen and oxygen atoms in total. The first-order valence-electron chi connectivity index (χ1n) is 4.83. The number of rotatable bonds is 6. The molecule has 0 heterocycles. The molecule has 0 aliphatic carbocycles. The van der Waals surface area contributed by atoms with Crippen LogP contribution in [0, 0.1) is 0 Å². The third kappa shape index (κ3) is 9.80. The van der Waals surface area contributed by atoms with Gasteiger partial charge in [-0.1, -0.05) is 0 Å². The summed E-state index contributed by atoms with van der Waals surface area (Å²) in [6.45, 7) is 10.7. The SMILES string of the molecule is COC(C)CNCCOC(C)(C)C. The molecule has 1 N–H and O–H groups in total. The van der Waals surface area contributed by atoms with Crippen LogP contribution in [0.4, 0.5) is 0 Å². The normalized spacial score (nSPS) is 14.5. The first-order chi connectivity index (χ1) is 5.95. The van der Waals surface area contributed by atoms with Crippen molar-refractivity contribution < 1.29 is 9.47 Å². The molecule has 0 saturated heterocycles. The predicted octanol–water partition coefficient (Wildman–Crippen LogP) is 1.43. The summed E-state index contributed by atoms with van der Waals surface area (Å²) in [4.78, 5) is 0. The molecule has 0 spiro atoms. The third-order valence-corrected chi connectivity index (χ3v) is 1.65. The molecular weight excluding hydrogens is 166 g/mol. The van der Waals surface area contributed by atoms with E-state index in [0.717, 1.165) is 19.7 Å². The van der Waals surface area contributed by atoms with E-state index in [0.29, 0.717) is 0 Å². The highest BCUT2D eigenvalue weighted by Crippen LogP contribution is 2.04. The Hall–Kier alpha value is -0.120. The van der Waals surface area contributed by atoms with Gasteiger partial charge in [-0.05, 0) is 27.7 Å². The maximum Gasteiger partial charge on any atom is 0.0667 e. The molecule has 3 heteroatoms. The van der Waals surface area contributed by atoms with E-state index in [4.69, 9.17) is 9.47 Å². The molecule has 0 aliphatic rings. The summed E-state index contributed by atoms with van der Waals surface area (Å²) < 4.78 is 10.6. The molecule has 80 valence electrons. The lowest BCUT2D eigenvalue weighted by molar-refractivity contribution is -0.00184. The number of hydrogen-bond acceptors (Lipinski definition) is 3. The van der Waals surface area contributed by atoms with Crippen LogP contribution in [0.25, 0.3) is 0 Å². The fourth-order valence-electron chi connectivity index (χ4n) is 0.818. The van der Waals surface area contributed by atoms with Crippen LogP contribution in [0.3, 0.4) is 0 Å². The summed E-state index contributed by atoms with van der Waals surface area (Å²) in [5.74, 6) is 0. The van der Waals surface area contributed by atoms with Gasteiger partial charge in [-0.25, -0.2) is 0 Å². The average Bonchev–Trinajstić information content (AvgIpc) is 2.01. The molecule has 1 atom stereocenters. The molecular formula is C10H23NO2. The molecule has 0 aromatic carbocycles. The van der Waals surface area contributed by atoms with Gasteiger partial charge in [-0.3, -0.25) is 0 Å². The van der Waals surface area contributed by atoms with Crippen LogP contribution in [0.15, 0.2) is 0 Å². The lowest BCUT2D eigenvalue weighted by Crippen LogP contribution is -2.31. The molecule has 1 unspecified atom stereocenters. The molecule has 13 heavy (non-hydrogen) atoms. The summed E-state index contributed by atoms with van der Waals surface area (Å²) in [6, 6.07) is 0. The zero-order chi connectivity index (χ0) is 10.3. The van der Waals surface area contributed by atoms with Gasteiger partial charge in [0, 0.05) is 20.2 Å². The van der Waals surface area contributed by atoms with Gasteiger partial charge in [0.05, 0.1) is 18.3 Å². The van der Waals surface area contributed by atoms with Crippen molar-refractivity contribution in [1.29, 1.82) is 0 Å². The first kappa shape index (κ1) is 12.9. The van der Waals surface area contributed by atoms with Crippen LogP contribution in [0.1, 0.15) is 27.7 Å². The molecule has 0 amide bonds. The van der Waals surface area contributed by atoms with Gasteiger partial charge in [-0.2, -0.15) is 0 Å². The molecule has 0 bridgehead atoms. The maximum absolute atomic E-state index is 5.54. The number of nitrogens with one attached hydrogen (secondary N) is 1. The van der Waals surface area contributed by atoms with E-state index in [1.54, 1.807) is 7.11 Å². The molecule has 0 aromatic heterocycles. The van der Waals surface area contributed by atoms with Crippen LogP contribution in [0.5, 0.6) is 0 Å². The van der Waals surface area contributed by atoms with E-state index in [-0.39, 0.29) is 11.7 Å². The highest BCUT2D eigenvalue weighted by molar-refractivity contribution is 4.60. The second-order valence-electron chi connectivity index (χ2n) is 4.21. The zero-order valence-electron chi connectivity index (χ0n) is 9.52. The first-order valence-corrected chi connectivity index (χ1v) is 4.83. The van der Waals surface area contributed by atoms with Crippen LogP contribution in [0.2, 0.25) is 0 Å². The van der Waals surface area contributed by atoms with E-state index >= 15 is 0 Å². The number of methoxy groups -OCH3 is 1. The summed E-state index contributed by atoms with van der Waals surface area (Å²) in [5.41, 5.74) is -0.0332. The molecule has 0 radical (unpaired) electrons. The van der Waals surface area contributed by atoms with Gasteiger partial charge in [0.2, 0.25) is 0 Å². The molecule has 0 saturated carbocycles. The number of ether oxygens (including phenoxy) is 2. The van der Waals surface area contributed by atoms with Gasteiger partial charge in [-0.15, -0.1) is 0 Å². The van der Waals surface area contributed by atoms with Gasteiger partial charge in [0.25, 0.3) is 0 Å². The van der Waals surface area contributed by atoms with E-state index in [1.807, 2.05) is 6.92 Å².